The number of hydrogen-bond acceptors (Lipinski definition) is 2. The maximum atomic E-state index is 11.4. The van der Waals surface area contributed by atoms with Crippen molar-refractivity contribution < 1.29 is 9.59 Å². The van der Waals surface area contributed by atoms with Crippen molar-refractivity contribution in [2.24, 2.45) is 5.92 Å². The molecule has 1 heterocycles. The van der Waals surface area contributed by atoms with Crippen LogP contribution in [0.2, 0.25) is 0 Å². The third kappa shape index (κ3) is 5.03. The van der Waals surface area contributed by atoms with Gasteiger partial charge in [-0.15, -0.1) is 0 Å². The molecule has 0 saturated carbocycles. The molecule has 0 saturated heterocycles. The number of anilines is 1. The average Bonchev–Trinajstić information content (AvgIpc) is 2.80. The highest BCUT2D eigenvalue weighted by atomic mass is 16.2. The standard InChI is InChI=1S/C11H17N3O2.C2H6/c1-4-12-11(16)9-5-8(6-13-9)14-10(15)7(2)3;1-2/h5-7,13H,4H2,1-3H3,(H,12,16)(H,14,15);1-2H3. The first-order valence-electron chi connectivity index (χ1n) is 6.32. The third-order valence-electron chi connectivity index (χ3n) is 2.06. The number of H-pyrrole nitrogens is 1. The van der Waals surface area contributed by atoms with Gasteiger partial charge in [0.1, 0.15) is 5.69 Å². The van der Waals surface area contributed by atoms with Crippen LogP contribution in [0.5, 0.6) is 0 Å². The summed E-state index contributed by atoms with van der Waals surface area (Å²) >= 11 is 0. The summed E-state index contributed by atoms with van der Waals surface area (Å²) < 4.78 is 0. The number of aromatic nitrogens is 1. The molecule has 18 heavy (non-hydrogen) atoms. The number of aromatic amines is 1. The quantitative estimate of drug-likeness (QED) is 0.770. The van der Waals surface area contributed by atoms with Gasteiger partial charge in [0.05, 0.1) is 5.69 Å². The molecule has 0 spiro atoms. The van der Waals surface area contributed by atoms with Gasteiger partial charge in [-0.3, -0.25) is 9.59 Å². The van der Waals surface area contributed by atoms with Crippen LogP contribution in [-0.2, 0) is 4.79 Å². The second-order valence-electron chi connectivity index (χ2n) is 3.81. The first kappa shape index (κ1) is 16.2. The zero-order chi connectivity index (χ0) is 14.1. The molecule has 0 aliphatic heterocycles. The summed E-state index contributed by atoms with van der Waals surface area (Å²) in [5.41, 5.74) is 1.06. The van der Waals surface area contributed by atoms with E-state index < -0.39 is 0 Å². The van der Waals surface area contributed by atoms with Gasteiger partial charge in [-0.1, -0.05) is 27.7 Å². The minimum Gasteiger partial charge on any atom is -0.355 e. The molecule has 1 rings (SSSR count). The maximum absolute atomic E-state index is 11.4. The molecule has 0 aliphatic carbocycles. The van der Waals surface area contributed by atoms with Gasteiger partial charge in [-0.05, 0) is 13.0 Å². The Morgan fingerprint density at radius 1 is 1.33 bits per heavy atom. The van der Waals surface area contributed by atoms with Gasteiger partial charge in [0.2, 0.25) is 5.91 Å². The molecule has 0 fully saturated rings. The van der Waals surface area contributed by atoms with Gasteiger partial charge in [0.15, 0.2) is 0 Å². The molecule has 0 bridgehead atoms. The third-order valence-corrected chi connectivity index (χ3v) is 2.06. The molecule has 0 aliphatic rings. The van der Waals surface area contributed by atoms with E-state index in [1.165, 1.54) is 0 Å². The van der Waals surface area contributed by atoms with E-state index in [0.29, 0.717) is 17.9 Å². The Morgan fingerprint density at radius 2 is 1.94 bits per heavy atom. The molecule has 1 aromatic rings. The normalized spacial score (nSPS) is 9.44. The molecule has 2 amide bonds. The Labute approximate surface area is 108 Å². The number of carbonyl (C=O) groups excluding carboxylic acids is 2. The lowest BCUT2D eigenvalue weighted by molar-refractivity contribution is -0.118. The number of amides is 2. The van der Waals surface area contributed by atoms with Crippen LogP contribution in [0.1, 0.15) is 45.1 Å². The van der Waals surface area contributed by atoms with Crippen LogP contribution in [0.3, 0.4) is 0 Å². The molecular weight excluding hydrogens is 230 g/mol. The zero-order valence-electron chi connectivity index (χ0n) is 11.8. The first-order chi connectivity index (χ1) is 8.54. The van der Waals surface area contributed by atoms with Crippen LogP contribution >= 0.6 is 0 Å². The molecule has 0 atom stereocenters. The van der Waals surface area contributed by atoms with Crippen molar-refractivity contribution in [2.45, 2.75) is 34.6 Å². The lowest BCUT2D eigenvalue weighted by Gasteiger charge is -2.04. The largest absolute Gasteiger partial charge is 0.355 e. The Balaban J connectivity index is 0.00000137. The minimum atomic E-state index is -0.174. The fraction of sp³-hybridized carbons (Fsp3) is 0.538. The van der Waals surface area contributed by atoms with E-state index in [9.17, 15) is 9.59 Å². The Morgan fingerprint density at radius 3 is 2.44 bits per heavy atom. The molecule has 0 radical (unpaired) electrons. The van der Waals surface area contributed by atoms with Crippen molar-refractivity contribution in [3.05, 3.63) is 18.0 Å². The van der Waals surface area contributed by atoms with Gasteiger partial charge >= 0.3 is 0 Å². The molecular formula is C13H23N3O2. The van der Waals surface area contributed by atoms with Crippen molar-refractivity contribution >= 4 is 17.5 Å². The monoisotopic (exact) mass is 253 g/mol. The lowest BCUT2D eigenvalue weighted by Crippen LogP contribution is -2.22. The summed E-state index contributed by atoms with van der Waals surface area (Å²) in [4.78, 5) is 25.6. The topological polar surface area (TPSA) is 74.0 Å². The lowest BCUT2D eigenvalue weighted by atomic mass is 10.2. The van der Waals surface area contributed by atoms with Crippen molar-refractivity contribution in [3.63, 3.8) is 0 Å². The summed E-state index contributed by atoms with van der Waals surface area (Å²) in [6.45, 7) is 10.0. The van der Waals surface area contributed by atoms with Crippen molar-refractivity contribution in [1.29, 1.82) is 0 Å². The van der Waals surface area contributed by atoms with Crippen molar-refractivity contribution in [2.75, 3.05) is 11.9 Å². The van der Waals surface area contributed by atoms with Crippen molar-refractivity contribution in [3.8, 4) is 0 Å². The highest BCUT2D eigenvalue weighted by molar-refractivity contribution is 5.96. The molecule has 102 valence electrons. The van der Waals surface area contributed by atoms with Gasteiger partial charge < -0.3 is 15.6 Å². The number of rotatable bonds is 4. The van der Waals surface area contributed by atoms with Crippen LogP contribution in [0.15, 0.2) is 12.3 Å². The fourth-order valence-electron chi connectivity index (χ4n) is 1.14. The van der Waals surface area contributed by atoms with Crippen LogP contribution in [0, 0.1) is 5.92 Å². The second kappa shape index (κ2) is 8.33. The van der Waals surface area contributed by atoms with Crippen molar-refractivity contribution in [1.82, 2.24) is 10.3 Å². The molecule has 3 N–H and O–H groups in total. The Hall–Kier alpha value is -1.78. The van der Waals surface area contributed by atoms with Gasteiger partial charge in [0.25, 0.3) is 5.91 Å². The van der Waals surface area contributed by atoms with E-state index in [-0.39, 0.29) is 17.7 Å². The van der Waals surface area contributed by atoms with Gasteiger partial charge in [0, 0.05) is 18.7 Å². The fourth-order valence-corrected chi connectivity index (χ4v) is 1.14. The van der Waals surface area contributed by atoms with Gasteiger partial charge in [-0.2, -0.15) is 0 Å². The van der Waals surface area contributed by atoms with E-state index in [0.717, 1.165) is 0 Å². The van der Waals surface area contributed by atoms with Crippen LogP contribution < -0.4 is 10.6 Å². The van der Waals surface area contributed by atoms with E-state index in [1.54, 1.807) is 12.3 Å². The molecule has 5 heteroatoms. The Kier molecular flexibility index (Phi) is 7.51. The summed E-state index contributed by atoms with van der Waals surface area (Å²) in [5.74, 6) is -0.322. The highest BCUT2D eigenvalue weighted by Gasteiger charge is 2.10. The van der Waals surface area contributed by atoms with Crippen LogP contribution in [0.25, 0.3) is 0 Å². The summed E-state index contributed by atoms with van der Waals surface area (Å²) in [5, 5.41) is 5.38. The van der Waals surface area contributed by atoms with Crippen LogP contribution in [-0.4, -0.2) is 23.3 Å². The zero-order valence-corrected chi connectivity index (χ0v) is 11.8. The van der Waals surface area contributed by atoms with E-state index >= 15 is 0 Å². The van der Waals surface area contributed by atoms with Gasteiger partial charge in [-0.25, -0.2) is 0 Å². The number of nitrogens with one attached hydrogen (secondary N) is 3. The second-order valence-corrected chi connectivity index (χ2v) is 3.81. The molecule has 1 aromatic heterocycles. The average molecular weight is 253 g/mol. The summed E-state index contributed by atoms with van der Waals surface area (Å²) in [7, 11) is 0. The number of carbonyl (C=O) groups is 2. The van der Waals surface area contributed by atoms with E-state index in [2.05, 4.69) is 15.6 Å². The summed E-state index contributed by atoms with van der Waals surface area (Å²) in [6.07, 6.45) is 1.60. The first-order valence-corrected chi connectivity index (χ1v) is 6.32. The predicted molar refractivity (Wildman–Crippen MR) is 73.6 cm³/mol. The highest BCUT2D eigenvalue weighted by Crippen LogP contribution is 2.10. The molecule has 5 nitrogen and oxygen atoms in total. The molecule has 0 unspecified atom stereocenters. The smallest absolute Gasteiger partial charge is 0.267 e. The maximum Gasteiger partial charge on any atom is 0.267 e. The Bertz CT molecular complexity index is 383. The van der Waals surface area contributed by atoms with Crippen LogP contribution in [0.4, 0.5) is 5.69 Å². The predicted octanol–water partition coefficient (Wildman–Crippen LogP) is 2.39. The SMILES string of the molecule is CC.CCNC(=O)c1cc(NC(=O)C(C)C)c[nH]1. The van der Waals surface area contributed by atoms with E-state index in [1.807, 2.05) is 34.6 Å². The minimum absolute atomic E-state index is 0.0681. The summed E-state index contributed by atoms with van der Waals surface area (Å²) in [6, 6.07) is 1.62. The van der Waals surface area contributed by atoms with E-state index in [4.69, 9.17) is 0 Å². The number of hydrogen-bond donors (Lipinski definition) is 3. The molecule has 0 aromatic carbocycles.